The van der Waals surface area contributed by atoms with Gasteiger partial charge in [0.1, 0.15) is 18.1 Å². The van der Waals surface area contributed by atoms with E-state index in [1.54, 1.807) is 0 Å². The van der Waals surface area contributed by atoms with Crippen LogP contribution in [-0.2, 0) is 16.0 Å². The highest BCUT2D eigenvalue weighted by Crippen LogP contribution is 2.17. The maximum Gasteiger partial charge on any atom is 0.208 e. The van der Waals surface area contributed by atoms with E-state index in [2.05, 4.69) is 9.97 Å². The van der Waals surface area contributed by atoms with E-state index in [-0.39, 0.29) is 35.9 Å². The van der Waals surface area contributed by atoms with Gasteiger partial charge in [0.2, 0.25) is 5.78 Å². The van der Waals surface area contributed by atoms with Gasteiger partial charge in [-0.15, -0.1) is 0 Å². The largest absolute Gasteiger partial charge is 0.368 e. The van der Waals surface area contributed by atoms with Crippen molar-refractivity contribution < 1.29 is 14.3 Å². The summed E-state index contributed by atoms with van der Waals surface area (Å²) in [6.07, 6.45) is 3.11. The first kappa shape index (κ1) is 17.4. The lowest BCUT2D eigenvalue weighted by atomic mass is 9.88. The monoisotopic (exact) mass is 292 g/mol. The summed E-state index contributed by atoms with van der Waals surface area (Å²) < 4.78 is 5.41. The molecular formula is C16H24N2O3. The lowest BCUT2D eigenvalue weighted by Crippen LogP contribution is -2.24. The number of hydrogen-bond donors (Lipinski definition) is 0. The second-order valence-corrected chi connectivity index (χ2v) is 7.07. The van der Waals surface area contributed by atoms with Crippen LogP contribution >= 0.6 is 0 Å². The summed E-state index contributed by atoms with van der Waals surface area (Å²) >= 11 is 0. The summed E-state index contributed by atoms with van der Waals surface area (Å²) in [7, 11) is 0. The van der Waals surface area contributed by atoms with Crippen molar-refractivity contribution in [2.45, 2.75) is 53.6 Å². The van der Waals surface area contributed by atoms with E-state index in [0.29, 0.717) is 5.69 Å². The van der Waals surface area contributed by atoms with Crippen molar-refractivity contribution in [2.24, 2.45) is 5.41 Å². The normalized spacial score (nSPS) is 12.3. The van der Waals surface area contributed by atoms with E-state index in [1.165, 1.54) is 12.4 Å². The van der Waals surface area contributed by atoms with Crippen molar-refractivity contribution in [1.29, 1.82) is 0 Å². The van der Waals surface area contributed by atoms with Gasteiger partial charge in [-0.2, -0.15) is 0 Å². The second kappa shape index (κ2) is 6.43. The van der Waals surface area contributed by atoms with E-state index < -0.39 is 5.41 Å². The molecule has 0 amide bonds. The number of nitrogens with zero attached hydrogens (tertiary/aromatic N) is 2. The van der Waals surface area contributed by atoms with E-state index in [9.17, 15) is 9.59 Å². The molecule has 1 aromatic heterocycles. The van der Waals surface area contributed by atoms with E-state index in [1.807, 2.05) is 41.5 Å². The molecule has 0 aliphatic heterocycles. The molecule has 0 saturated heterocycles. The molecule has 0 bridgehead atoms. The molecular weight excluding hydrogens is 268 g/mol. The van der Waals surface area contributed by atoms with Crippen LogP contribution in [0.1, 0.15) is 57.7 Å². The molecule has 0 aromatic carbocycles. The Morgan fingerprint density at radius 2 is 1.67 bits per heavy atom. The smallest absolute Gasteiger partial charge is 0.208 e. The topological polar surface area (TPSA) is 69.2 Å². The molecule has 0 radical (unpaired) electrons. The van der Waals surface area contributed by atoms with Gasteiger partial charge in [-0.25, -0.2) is 4.98 Å². The van der Waals surface area contributed by atoms with Crippen LogP contribution in [0.25, 0.3) is 0 Å². The Hall–Kier alpha value is -1.62. The molecule has 0 aliphatic rings. The van der Waals surface area contributed by atoms with Crippen LogP contribution in [0.5, 0.6) is 0 Å². The highest BCUT2D eigenvalue weighted by molar-refractivity contribution is 5.95. The van der Waals surface area contributed by atoms with Crippen LogP contribution in [0.15, 0.2) is 12.4 Å². The number of ketones is 2. The first-order chi connectivity index (χ1) is 9.49. The van der Waals surface area contributed by atoms with Crippen LogP contribution in [0.3, 0.4) is 0 Å². The molecule has 5 heteroatoms. The summed E-state index contributed by atoms with van der Waals surface area (Å²) in [5, 5.41) is 0. The van der Waals surface area contributed by atoms with Gasteiger partial charge in [-0.05, 0) is 20.8 Å². The Balaban J connectivity index is 2.66. The fraction of sp³-hybridized carbons (Fsp3) is 0.625. The molecule has 0 saturated carbocycles. The van der Waals surface area contributed by atoms with Crippen molar-refractivity contribution in [3.05, 3.63) is 23.8 Å². The quantitative estimate of drug-likeness (QED) is 0.780. The molecule has 5 nitrogen and oxygen atoms in total. The van der Waals surface area contributed by atoms with E-state index in [0.717, 1.165) is 0 Å². The predicted octanol–water partition coefficient (Wildman–Crippen LogP) is 2.63. The number of hydrogen-bond acceptors (Lipinski definition) is 5. The van der Waals surface area contributed by atoms with Gasteiger partial charge in [0.05, 0.1) is 23.9 Å². The van der Waals surface area contributed by atoms with Gasteiger partial charge in [-0.1, -0.05) is 20.8 Å². The molecule has 0 aliphatic carbocycles. The van der Waals surface area contributed by atoms with Crippen molar-refractivity contribution in [3.8, 4) is 0 Å². The van der Waals surface area contributed by atoms with Crippen LogP contribution in [-0.4, -0.2) is 33.7 Å². The highest BCUT2D eigenvalue weighted by Gasteiger charge is 2.22. The lowest BCUT2D eigenvalue weighted by Gasteiger charge is -2.18. The number of aromatic nitrogens is 2. The molecule has 116 valence electrons. The maximum absolute atomic E-state index is 11.9. The van der Waals surface area contributed by atoms with Crippen molar-refractivity contribution in [1.82, 2.24) is 9.97 Å². The highest BCUT2D eigenvalue weighted by atomic mass is 16.5. The summed E-state index contributed by atoms with van der Waals surface area (Å²) in [5.41, 5.74) is 0.0493. The Kier molecular flexibility index (Phi) is 5.34. The minimum atomic E-state index is -0.406. The van der Waals surface area contributed by atoms with Crippen LogP contribution in [0.4, 0.5) is 0 Å². The van der Waals surface area contributed by atoms with Gasteiger partial charge in [0.15, 0.2) is 0 Å². The Morgan fingerprint density at radius 1 is 1.05 bits per heavy atom. The van der Waals surface area contributed by atoms with Gasteiger partial charge in [-0.3, -0.25) is 14.6 Å². The molecule has 21 heavy (non-hydrogen) atoms. The molecule has 0 spiro atoms. The Labute approximate surface area is 126 Å². The van der Waals surface area contributed by atoms with Crippen LogP contribution in [0.2, 0.25) is 0 Å². The number of Topliss-reactive ketones (excluding diaryl/α,β-unsaturated/α-hetero) is 2. The van der Waals surface area contributed by atoms with Crippen molar-refractivity contribution >= 4 is 11.6 Å². The summed E-state index contributed by atoms with van der Waals surface area (Å²) in [6.45, 7) is 11.2. The third-order valence-electron chi connectivity index (χ3n) is 2.81. The molecule has 1 rings (SSSR count). The standard InChI is InChI=1S/C16H24N2O3/c1-15(2,3)14(20)7-11-8-18-12(9-17-11)13(19)10-21-16(4,5)6/h8-9H,7,10H2,1-6H3. The van der Waals surface area contributed by atoms with E-state index >= 15 is 0 Å². The summed E-state index contributed by atoms with van der Waals surface area (Å²) in [5.74, 6) is -0.127. The van der Waals surface area contributed by atoms with Gasteiger partial charge >= 0.3 is 0 Å². The average Bonchev–Trinajstić information content (AvgIpc) is 2.35. The average molecular weight is 292 g/mol. The molecule has 1 aromatic rings. The van der Waals surface area contributed by atoms with Crippen LogP contribution < -0.4 is 0 Å². The van der Waals surface area contributed by atoms with E-state index in [4.69, 9.17) is 4.74 Å². The zero-order valence-corrected chi connectivity index (χ0v) is 13.7. The first-order valence-electron chi connectivity index (χ1n) is 7.00. The molecule has 0 fully saturated rings. The molecule has 0 unspecified atom stereocenters. The second-order valence-electron chi connectivity index (χ2n) is 7.07. The fourth-order valence-electron chi connectivity index (χ4n) is 1.38. The Morgan fingerprint density at radius 3 is 2.10 bits per heavy atom. The minimum absolute atomic E-state index is 0.0293. The van der Waals surface area contributed by atoms with Crippen molar-refractivity contribution in [2.75, 3.05) is 6.61 Å². The Bertz CT molecular complexity index is 508. The zero-order chi connectivity index (χ0) is 16.3. The summed E-state index contributed by atoms with van der Waals surface area (Å²) in [4.78, 5) is 32.0. The van der Waals surface area contributed by atoms with Crippen LogP contribution in [0, 0.1) is 5.41 Å². The SMILES string of the molecule is CC(C)(C)OCC(=O)c1cnc(CC(=O)C(C)(C)C)cn1. The third-order valence-corrected chi connectivity index (χ3v) is 2.81. The predicted molar refractivity (Wildman–Crippen MR) is 80.2 cm³/mol. The zero-order valence-electron chi connectivity index (χ0n) is 13.7. The third kappa shape index (κ3) is 6.12. The number of ether oxygens (including phenoxy) is 1. The molecule has 1 heterocycles. The lowest BCUT2D eigenvalue weighted by molar-refractivity contribution is -0.125. The van der Waals surface area contributed by atoms with Crippen molar-refractivity contribution in [3.63, 3.8) is 0 Å². The molecule has 0 N–H and O–H groups in total. The minimum Gasteiger partial charge on any atom is -0.368 e. The molecule has 0 atom stereocenters. The van der Waals surface area contributed by atoms with Gasteiger partial charge < -0.3 is 4.74 Å². The van der Waals surface area contributed by atoms with Gasteiger partial charge in [0.25, 0.3) is 0 Å². The summed E-state index contributed by atoms with van der Waals surface area (Å²) in [6, 6.07) is 0. The first-order valence-corrected chi connectivity index (χ1v) is 7.00. The number of carbonyl (C=O) groups is 2. The fourth-order valence-corrected chi connectivity index (χ4v) is 1.38. The number of carbonyl (C=O) groups excluding carboxylic acids is 2. The van der Waals surface area contributed by atoms with Gasteiger partial charge in [0, 0.05) is 11.6 Å². The maximum atomic E-state index is 11.9. The number of rotatable bonds is 5.